The predicted molar refractivity (Wildman–Crippen MR) is 438 cm³/mol. The Kier molecular flexibility index (Phi) is 45.4. The first-order valence-corrected chi connectivity index (χ1v) is 39.2. The summed E-state index contributed by atoms with van der Waals surface area (Å²) in [6.07, 6.45) is 11.4. The highest BCUT2D eigenvalue weighted by Gasteiger charge is 2.38. The fourth-order valence-corrected chi connectivity index (χ4v) is 11.9. The number of nitrogens with one attached hydrogen (secondary N) is 15. The summed E-state index contributed by atoms with van der Waals surface area (Å²) in [6, 6.07) is -17.4. The Bertz CT molecular complexity index is 3850. The molecule has 0 saturated carbocycles. The van der Waals surface area contributed by atoms with Crippen molar-refractivity contribution < 1.29 is 62.6 Å². The van der Waals surface area contributed by atoms with Gasteiger partial charge in [-0.3, -0.25) is 72.7 Å². The smallest absolute Gasteiger partial charge is 0.326 e. The Morgan fingerprint density at radius 2 is 0.508 bits per heavy atom. The first-order valence-electron chi connectivity index (χ1n) is 38.6. The molecule has 4 aromatic rings. The molecule has 0 radical (unpaired) electrons. The number of aliphatic imine (C=N–C) groups is 4. The summed E-state index contributed by atoms with van der Waals surface area (Å²) in [5.41, 5.74) is 69.5. The zero-order valence-corrected chi connectivity index (χ0v) is 66.7. The van der Waals surface area contributed by atoms with E-state index < -0.39 is 143 Å². The van der Waals surface area contributed by atoms with Crippen molar-refractivity contribution in [3.05, 3.63) is 72.9 Å². The Morgan fingerprint density at radius 3 is 0.703 bits per heavy atom. The Labute approximate surface area is 686 Å². The lowest BCUT2D eigenvalue weighted by Gasteiger charge is -2.28. The summed E-state index contributed by atoms with van der Waals surface area (Å²) in [6.45, 7) is 0.483. The molecule has 0 aliphatic rings. The number of carboxylic acids is 1. The standard InChI is InChI=1S/C69H119N35O13S/c70-18-4-1-11-43(98-62(113)50(25-38-29-82-34-90-38)101-58(109)46(14-7-21-86-66(74)75)94-54(105)42(73)33-118)55(106)95-47(15-8-22-87-67(76)77)59(110)102-51(26-39-30-83-35-91-39)63(114)99-44(12-2-5-19-71)56(107)96-48(16-9-23-88-68(78)79)60(111)103-52(27-40-31-84-36-92-40)64(115)100-45(13-3-6-20-72)57(108)97-49(17-10-24-89-69(80)81)61(112)104-53(65(116)117)28-41-32-85-37-93-41/h29-32,34-37,42-53,118H,1-28,33,70-73H2,(H,82,90)(H,83,91)(H,84,92)(H,85,93)(H,94,105)(H,95,106)(H,96,107)(H,97,108)(H,98,113)(H,99,114)(H,100,115)(H,101,109)(H,102,110)(H,103,111)(H,104,112)(H,116,117)(H4,74,75,86)(H4,76,77,87)(H4,78,79,88)(H4,80,81,89)/t42-,43-,44-,45-,46-,47-,48-,49-,50-,51-,52-,53-/m0/s1. The highest BCUT2D eigenvalue weighted by Crippen LogP contribution is 2.15. The molecular weight excluding hydrogens is 1560 g/mol. The lowest BCUT2D eigenvalue weighted by molar-refractivity contribution is -0.142. The van der Waals surface area contributed by atoms with Gasteiger partial charge in [-0.15, -0.1) is 0 Å². The Hall–Kier alpha value is -12.2. The number of hydrogen-bond acceptors (Lipinski definition) is 25. The molecule has 4 heterocycles. The van der Waals surface area contributed by atoms with E-state index in [0.29, 0.717) is 30.7 Å². The molecule has 0 bridgehead atoms. The van der Waals surface area contributed by atoms with Crippen molar-refractivity contribution in [1.29, 1.82) is 0 Å². The van der Waals surface area contributed by atoms with E-state index in [2.05, 4.69) is 131 Å². The van der Waals surface area contributed by atoms with Crippen LogP contribution >= 0.6 is 12.6 Å². The van der Waals surface area contributed by atoms with E-state index in [1.54, 1.807) is 0 Å². The summed E-state index contributed by atoms with van der Waals surface area (Å²) >= 11 is 4.10. The number of carbonyl (C=O) groups excluding carboxylic acids is 11. The maximum Gasteiger partial charge on any atom is 0.326 e. The molecule has 0 spiro atoms. The maximum atomic E-state index is 15.1. The molecule has 40 N–H and O–H groups in total. The number of unbranched alkanes of at least 4 members (excludes halogenated alkanes) is 3. The molecule has 12 atom stereocenters. The minimum absolute atomic E-state index is 0.00910. The number of imidazole rings is 4. The van der Waals surface area contributed by atoms with E-state index in [-0.39, 0.29) is 202 Å². The van der Waals surface area contributed by atoms with E-state index in [4.69, 9.17) is 68.8 Å². The van der Waals surface area contributed by atoms with Crippen LogP contribution in [0.3, 0.4) is 0 Å². The average Bonchev–Trinajstić information content (AvgIpc) is 1.08. The fourth-order valence-electron chi connectivity index (χ4n) is 11.7. The summed E-state index contributed by atoms with van der Waals surface area (Å²) < 4.78 is 0. The van der Waals surface area contributed by atoms with Crippen LogP contribution in [0.15, 0.2) is 70.1 Å². The first-order chi connectivity index (χ1) is 56.4. The predicted octanol–water partition coefficient (Wildman–Crippen LogP) is -9.87. The van der Waals surface area contributed by atoms with Gasteiger partial charge in [0, 0.05) is 82.4 Å². The normalized spacial score (nSPS) is 14.1. The van der Waals surface area contributed by atoms with E-state index in [0.717, 1.165) is 0 Å². The van der Waals surface area contributed by atoms with Gasteiger partial charge in [-0.05, 0) is 129 Å². The second-order valence-corrected chi connectivity index (χ2v) is 27.9. The molecule has 0 saturated heterocycles. The van der Waals surface area contributed by atoms with Crippen LogP contribution in [0.4, 0.5) is 0 Å². The summed E-state index contributed by atoms with van der Waals surface area (Å²) in [5.74, 6) is -12.4. The van der Waals surface area contributed by atoms with Crippen LogP contribution in [0.25, 0.3) is 0 Å². The lowest BCUT2D eigenvalue weighted by Crippen LogP contribution is -2.61. The Morgan fingerprint density at radius 1 is 0.314 bits per heavy atom. The summed E-state index contributed by atoms with van der Waals surface area (Å²) in [4.78, 5) is 216. The number of guanidine groups is 4. The van der Waals surface area contributed by atoms with Crippen molar-refractivity contribution in [3.63, 3.8) is 0 Å². The van der Waals surface area contributed by atoms with Crippen molar-refractivity contribution in [2.45, 2.75) is 207 Å². The topological polar surface area (TPSA) is 834 Å². The number of aromatic nitrogens is 8. The number of nitrogens with two attached hydrogens (primary N) is 12. The molecule has 4 rings (SSSR count). The minimum Gasteiger partial charge on any atom is -0.480 e. The van der Waals surface area contributed by atoms with Gasteiger partial charge in [-0.25, -0.2) is 24.7 Å². The third-order valence-electron chi connectivity index (χ3n) is 18.0. The molecule has 0 fully saturated rings. The van der Waals surface area contributed by atoms with Gasteiger partial charge in [-0.1, -0.05) is 0 Å². The molecular formula is C69H119N35O13S. The van der Waals surface area contributed by atoms with Crippen LogP contribution in [0, 0.1) is 0 Å². The molecule has 0 aliphatic carbocycles. The zero-order valence-electron chi connectivity index (χ0n) is 65.9. The number of amides is 11. The van der Waals surface area contributed by atoms with Gasteiger partial charge in [0.15, 0.2) is 23.8 Å². The second-order valence-electron chi connectivity index (χ2n) is 27.5. The first kappa shape index (κ1) is 98.1. The number of aliphatic carboxylic acids is 1. The number of H-pyrrole nitrogens is 4. The second kappa shape index (κ2) is 54.6. The van der Waals surface area contributed by atoms with Crippen LogP contribution in [0.5, 0.6) is 0 Å². The number of nitrogens with zero attached hydrogens (tertiary/aromatic N) is 8. The van der Waals surface area contributed by atoms with Gasteiger partial charge in [-0.2, -0.15) is 12.6 Å². The highest BCUT2D eigenvalue weighted by atomic mass is 32.1. The molecule has 4 aromatic heterocycles. The van der Waals surface area contributed by atoms with E-state index in [9.17, 15) is 48.3 Å². The van der Waals surface area contributed by atoms with Gasteiger partial charge >= 0.3 is 5.97 Å². The zero-order chi connectivity index (χ0) is 86.9. The van der Waals surface area contributed by atoms with Crippen LogP contribution < -0.4 is 127 Å². The van der Waals surface area contributed by atoms with Crippen molar-refractivity contribution in [2.24, 2.45) is 88.8 Å². The van der Waals surface area contributed by atoms with Gasteiger partial charge in [0.25, 0.3) is 0 Å². The summed E-state index contributed by atoms with van der Waals surface area (Å²) in [5, 5.41) is 39.4. The highest BCUT2D eigenvalue weighted by molar-refractivity contribution is 7.80. The number of rotatable bonds is 60. The molecule has 118 heavy (non-hydrogen) atoms. The van der Waals surface area contributed by atoms with Crippen molar-refractivity contribution in [1.82, 2.24) is 98.4 Å². The number of carbonyl (C=O) groups is 12. The van der Waals surface area contributed by atoms with Crippen LogP contribution in [0.2, 0.25) is 0 Å². The van der Waals surface area contributed by atoms with Crippen LogP contribution in [-0.2, 0) is 83.2 Å². The molecule has 49 heteroatoms. The van der Waals surface area contributed by atoms with E-state index >= 15 is 14.4 Å². The van der Waals surface area contributed by atoms with E-state index in [1.165, 1.54) is 50.1 Å². The van der Waals surface area contributed by atoms with Gasteiger partial charge in [0.2, 0.25) is 65.0 Å². The summed E-state index contributed by atoms with van der Waals surface area (Å²) in [7, 11) is 0. The molecule has 48 nitrogen and oxygen atoms in total. The SMILES string of the molecule is NCCCC[C@H](NC(=O)[C@H](Cc1c[nH]cn1)NC(=O)[C@H](CCCN=C(N)N)NC(=O)[C@H](CCCCN)NC(=O)[C@H](Cc1c[nH]cn1)NC(=O)[C@H](CCCN=C(N)N)NC(=O)[C@H](CCCCN)NC(=O)[C@H](Cc1c[nH]cn1)NC(=O)[C@H](CCCN=C(N)N)NC(=O)[C@@H](N)CS)C(=O)N[C@@H](CCCN=C(N)N)C(=O)N[C@@H](Cc1c[nH]cn1)C(=O)O. The van der Waals surface area contributed by atoms with Crippen LogP contribution in [-0.4, -0.2) is 264 Å². The van der Waals surface area contributed by atoms with E-state index in [1.807, 2.05) is 0 Å². The minimum atomic E-state index is -1.60. The van der Waals surface area contributed by atoms with Crippen molar-refractivity contribution in [2.75, 3.05) is 51.6 Å². The monoisotopic (exact) mass is 1680 g/mol. The molecule has 0 unspecified atom stereocenters. The van der Waals surface area contributed by atoms with Gasteiger partial charge in [0.05, 0.1) is 54.1 Å². The number of thiol groups is 1. The maximum absolute atomic E-state index is 15.1. The lowest BCUT2D eigenvalue weighted by atomic mass is 10.0. The number of aromatic amines is 4. The largest absolute Gasteiger partial charge is 0.480 e. The molecule has 11 amide bonds. The van der Waals surface area contributed by atoms with Crippen LogP contribution in [0.1, 0.15) is 132 Å². The third kappa shape index (κ3) is 38.5. The van der Waals surface area contributed by atoms with Crippen molar-refractivity contribution >= 4 is 107 Å². The molecule has 654 valence electrons. The molecule has 0 aromatic carbocycles. The fraction of sp³-hybridized carbons (Fsp3) is 0.594. The van der Waals surface area contributed by atoms with Gasteiger partial charge < -0.3 is 152 Å². The Balaban J connectivity index is 1.71. The quantitative estimate of drug-likeness (QED) is 0.00845. The van der Waals surface area contributed by atoms with Gasteiger partial charge in [0.1, 0.15) is 66.5 Å². The number of carboxylic acid groups (broad SMARTS) is 1. The third-order valence-corrected chi connectivity index (χ3v) is 18.4. The number of hydrogen-bond donors (Lipinski definition) is 29. The molecule has 0 aliphatic heterocycles. The average molecular weight is 1680 g/mol. The van der Waals surface area contributed by atoms with Crippen molar-refractivity contribution in [3.8, 4) is 0 Å².